The van der Waals surface area contributed by atoms with Crippen LogP contribution in [0.15, 0.2) is 72.9 Å². The third kappa shape index (κ3) is 2.73. The first-order valence-corrected chi connectivity index (χ1v) is 9.85. The summed E-state index contributed by atoms with van der Waals surface area (Å²) in [6.07, 6.45) is 5.48. The van der Waals surface area contributed by atoms with Crippen molar-refractivity contribution >= 4 is 10.9 Å². The molecule has 0 saturated heterocycles. The van der Waals surface area contributed by atoms with Crippen LogP contribution < -0.4 is 4.57 Å². The van der Waals surface area contributed by atoms with E-state index in [0.717, 1.165) is 37.0 Å². The van der Waals surface area contributed by atoms with Crippen LogP contribution in [0.5, 0.6) is 0 Å². The molecular formula is C25H23N2+. The van der Waals surface area contributed by atoms with Gasteiger partial charge in [0.25, 0.3) is 0 Å². The predicted octanol–water partition coefficient (Wildman–Crippen LogP) is 5.36. The second-order valence-corrected chi connectivity index (χ2v) is 7.30. The van der Waals surface area contributed by atoms with Crippen molar-refractivity contribution in [3.05, 3.63) is 84.1 Å². The first-order valence-electron chi connectivity index (χ1n) is 9.85. The fourth-order valence-corrected chi connectivity index (χ4v) is 4.30. The van der Waals surface area contributed by atoms with Crippen LogP contribution >= 0.6 is 0 Å². The van der Waals surface area contributed by atoms with Crippen molar-refractivity contribution in [1.29, 1.82) is 0 Å². The Labute approximate surface area is 160 Å². The van der Waals surface area contributed by atoms with E-state index in [0.29, 0.717) is 0 Å². The van der Waals surface area contributed by atoms with E-state index in [9.17, 15) is 0 Å². The van der Waals surface area contributed by atoms with Crippen LogP contribution in [-0.4, -0.2) is 4.98 Å². The highest BCUT2D eigenvalue weighted by molar-refractivity contribution is 5.88. The van der Waals surface area contributed by atoms with Crippen molar-refractivity contribution in [3.63, 3.8) is 0 Å². The minimum Gasteiger partial charge on any atom is -0.248 e. The van der Waals surface area contributed by atoms with Crippen LogP contribution in [-0.2, 0) is 19.4 Å². The molecule has 2 aromatic carbocycles. The van der Waals surface area contributed by atoms with Gasteiger partial charge >= 0.3 is 0 Å². The van der Waals surface area contributed by atoms with E-state index >= 15 is 0 Å². The van der Waals surface area contributed by atoms with E-state index in [1.54, 1.807) is 0 Å². The van der Waals surface area contributed by atoms with Gasteiger partial charge in [0.05, 0.1) is 16.8 Å². The standard InChI is InChI=1S/C25H23N2/c1-2-7-19-11-12-20-15-17-27-16-6-5-10-23(27)25(20)24(19)22-14-13-18-8-3-4-9-21(18)26-22/h3-6,8-14,16H,2,7,15,17H2,1H3/q+1. The molecule has 2 aromatic heterocycles. The maximum absolute atomic E-state index is 5.06. The molecule has 2 heteroatoms. The Morgan fingerprint density at radius 2 is 1.78 bits per heavy atom. The third-order valence-electron chi connectivity index (χ3n) is 5.57. The van der Waals surface area contributed by atoms with Crippen molar-refractivity contribution in [2.45, 2.75) is 32.7 Å². The quantitative estimate of drug-likeness (QED) is 0.454. The van der Waals surface area contributed by atoms with Gasteiger partial charge in [-0.2, -0.15) is 4.57 Å². The molecule has 0 fully saturated rings. The molecule has 1 aliphatic heterocycles. The Bertz CT molecular complexity index is 1140. The van der Waals surface area contributed by atoms with Gasteiger partial charge in [-0.25, -0.2) is 4.98 Å². The summed E-state index contributed by atoms with van der Waals surface area (Å²) >= 11 is 0. The number of nitrogens with zero attached hydrogens (tertiary/aromatic N) is 2. The topological polar surface area (TPSA) is 16.8 Å². The highest BCUT2D eigenvalue weighted by atomic mass is 15.0. The first kappa shape index (κ1) is 16.2. The zero-order valence-electron chi connectivity index (χ0n) is 15.7. The molecule has 0 atom stereocenters. The van der Waals surface area contributed by atoms with Crippen molar-refractivity contribution in [2.24, 2.45) is 0 Å². The molecule has 0 bridgehead atoms. The molecule has 27 heavy (non-hydrogen) atoms. The molecule has 0 N–H and O–H groups in total. The van der Waals surface area contributed by atoms with Crippen molar-refractivity contribution in [1.82, 2.24) is 4.98 Å². The Hall–Kier alpha value is -3.00. The highest BCUT2D eigenvalue weighted by Crippen LogP contribution is 2.38. The minimum atomic E-state index is 1.04. The molecule has 3 heterocycles. The van der Waals surface area contributed by atoms with E-state index in [1.807, 2.05) is 0 Å². The first-order chi connectivity index (χ1) is 13.3. The average molecular weight is 351 g/mol. The van der Waals surface area contributed by atoms with Crippen molar-refractivity contribution in [3.8, 4) is 22.5 Å². The summed E-state index contributed by atoms with van der Waals surface area (Å²) in [7, 11) is 0. The van der Waals surface area contributed by atoms with Gasteiger partial charge in [0.2, 0.25) is 5.69 Å². The van der Waals surface area contributed by atoms with Crippen LogP contribution in [0.2, 0.25) is 0 Å². The zero-order chi connectivity index (χ0) is 18.2. The van der Waals surface area contributed by atoms with E-state index in [-0.39, 0.29) is 0 Å². The van der Waals surface area contributed by atoms with E-state index in [1.165, 1.54) is 33.3 Å². The Balaban J connectivity index is 1.82. The summed E-state index contributed by atoms with van der Waals surface area (Å²) in [5.74, 6) is 0. The number of pyridine rings is 2. The Kier molecular flexibility index (Phi) is 3.97. The molecule has 2 nitrogen and oxygen atoms in total. The summed E-state index contributed by atoms with van der Waals surface area (Å²) in [6, 6.07) is 24.0. The molecule has 0 aliphatic carbocycles. The minimum absolute atomic E-state index is 1.04. The van der Waals surface area contributed by atoms with E-state index in [4.69, 9.17) is 4.98 Å². The maximum atomic E-state index is 5.06. The SMILES string of the molecule is CCCc1ccc2c(c1-c1ccc3ccccc3n1)-c1cccc[n+]1CC2. The molecule has 132 valence electrons. The molecule has 5 rings (SSSR count). The largest absolute Gasteiger partial charge is 0.248 e. The number of hydrogen-bond donors (Lipinski definition) is 0. The molecule has 0 spiro atoms. The van der Waals surface area contributed by atoms with Gasteiger partial charge < -0.3 is 0 Å². The van der Waals surface area contributed by atoms with Crippen LogP contribution in [0.4, 0.5) is 0 Å². The normalized spacial score (nSPS) is 12.6. The molecule has 0 radical (unpaired) electrons. The molecule has 0 unspecified atom stereocenters. The number of para-hydroxylation sites is 1. The third-order valence-corrected chi connectivity index (χ3v) is 5.57. The van der Waals surface area contributed by atoms with E-state index < -0.39 is 0 Å². The van der Waals surface area contributed by atoms with Gasteiger partial charge in [0.1, 0.15) is 0 Å². The summed E-state index contributed by atoms with van der Waals surface area (Å²) in [5, 5.41) is 1.19. The summed E-state index contributed by atoms with van der Waals surface area (Å²) in [5.41, 5.74) is 8.98. The van der Waals surface area contributed by atoms with Crippen LogP contribution in [0.3, 0.4) is 0 Å². The molecule has 0 saturated carbocycles. The lowest BCUT2D eigenvalue weighted by Gasteiger charge is -2.21. The lowest BCUT2D eigenvalue weighted by atomic mass is 9.86. The summed E-state index contributed by atoms with van der Waals surface area (Å²) in [4.78, 5) is 5.06. The fraction of sp³-hybridized carbons (Fsp3) is 0.200. The average Bonchev–Trinajstić information content (AvgIpc) is 2.73. The number of hydrogen-bond acceptors (Lipinski definition) is 1. The smallest absolute Gasteiger partial charge is 0.213 e. The van der Waals surface area contributed by atoms with Gasteiger partial charge in [-0.05, 0) is 35.7 Å². The lowest BCUT2D eigenvalue weighted by molar-refractivity contribution is -0.687. The molecule has 0 amide bonds. The second-order valence-electron chi connectivity index (χ2n) is 7.30. The van der Waals surface area contributed by atoms with Crippen LogP contribution in [0.25, 0.3) is 33.4 Å². The van der Waals surface area contributed by atoms with Gasteiger partial charge in [-0.3, -0.25) is 0 Å². The van der Waals surface area contributed by atoms with E-state index in [2.05, 4.69) is 84.4 Å². The highest BCUT2D eigenvalue weighted by Gasteiger charge is 2.27. The summed E-state index contributed by atoms with van der Waals surface area (Å²) < 4.78 is 2.38. The van der Waals surface area contributed by atoms with Gasteiger partial charge in [0.15, 0.2) is 12.7 Å². The number of aryl methyl sites for hydroxylation is 3. The summed E-state index contributed by atoms with van der Waals surface area (Å²) in [6.45, 7) is 3.29. The number of aromatic nitrogens is 2. The van der Waals surface area contributed by atoms with Gasteiger partial charge in [-0.15, -0.1) is 0 Å². The van der Waals surface area contributed by atoms with Crippen LogP contribution in [0, 0.1) is 0 Å². The van der Waals surface area contributed by atoms with Gasteiger partial charge in [-0.1, -0.05) is 49.7 Å². The number of fused-ring (bicyclic) bond motifs is 4. The fourth-order valence-electron chi connectivity index (χ4n) is 4.30. The van der Waals surface area contributed by atoms with Gasteiger partial charge in [0, 0.05) is 29.5 Å². The number of benzene rings is 2. The maximum Gasteiger partial charge on any atom is 0.213 e. The molecular weight excluding hydrogens is 328 g/mol. The molecule has 4 aromatic rings. The predicted molar refractivity (Wildman–Crippen MR) is 111 cm³/mol. The Morgan fingerprint density at radius 3 is 2.70 bits per heavy atom. The zero-order valence-corrected chi connectivity index (χ0v) is 15.7. The lowest BCUT2D eigenvalue weighted by Crippen LogP contribution is -2.40. The van der Waals surface area contributed by atoms with Crippen LogP contribution in [0.1, 0.15) is 24.5 Å². The Morgan fingerprint density at radius 1 is 0.889 bits per heavy atom. The van der Waals surface area contributed by atoms with Crippen molar-refractivity contribution < 1.29 is 4.57 Å². The number of rotatable bonds is 3. The second kappa shape index (κ2) is 6.62. The monoisotopic (exact) mass is 351 g/mol. The van der Waals surface area contributed by atoms with Crippen molar-refractivity contribution in [2.75, 3.05) is 0 Å². The molecule has 1 aliphatic rings.